The normalized spacial score (nSPS) is 34.8. The Kier molecular flexibility index (Phi) is 3.87. The number of piperidine rings is 1. The van der Waals surface area contributed by atoms with E-state index in [1.807, 2.05) is 0 Å². The number of nitrogens with one attached hydrogen (secondary N) is 1. The molecule has 19 heavy (non-hydrogen) atoms. The van der Waals surface area contributed by atoms with Gasteiger partial charge in [0.25, 0.3) is 0 Å². The molecule has 1 aliphatic carbocycles. The van der Waals surface area contributed by atoms with Gasteiger partial charge in [0, 0.05) is 6.04 Å². The number of allylic oxidation sites excluding steroid dienone is 1. The molecule has 110 valence electrons. The molecule has 1 saturated heterocycles. The van der Waals surface area contributed by atoms with Gasteiger partial charge in [-0.15, -0.1) is 6.58 Å². The summed E-state index contributed by atoms with van der Waals surface area (Å²) in [7, 11) is -9.96. The maximum absolute atomic E-state index is 11.8. The quantitative estimate of drug-likeness (QED) is 0.382. The molecule has 0 spiro atoms. The zero-order chi connectivity index (χ0) is 14.5. The Morgan fingerprint density at radius 2 is 1.79 bits per heavy atom. The highest BCUT2D eigenvalue weighted by molar-refractivity contribution is 7.72. The standard InChI is InChI=1S/C10H19NO6P2/c1-2-7-6-10(18(12,13)14,19(15,16)17)9-8(7)4-3-5-11-9/h2,7-9,11H,1,3-6H2,(H2,12,13,14)(H2,15,16,17). The SMILES string of the molecule is C=CC1CC(P(=O)(O)O)(P(=O)(O)O)C2NCCCC12. The van der Waals surface area contributed by atoms with Crippen LogP contribution in [-0.4, -0.2) is 37.1 Å². The predicted octanol–water partition coefficient (Wildman–Crippen LogP) is 0.612. The van der Waals surface area contributed by atoms with Crippen LogP contribution in [0.3, 0.4) is 0 Å². The Hall–Kier alpha value is -0.0000000000000000694. The van der Waals surface area contributed by atoms with Crippen molar-refractivity contribution in [1.82, 2.24) is 5.32 Å². The van der Waals surface area contributed by atoms with Gasteiger partial charge in [-0.25, -0.2) is 0 Å². The zero-order valence-electron chi connectivity index (χ0n) is 10.3. The van der Waals surface area contributed by atoms with E-state index in [0.29, 0.717) is 13.0 Å². The van der Waals surface area contributed by atoms with E-state index in [2.05, 4.69) is 11.9 Å². The molecular weight excluding hydrogens is 292 g/mol. The molecule has 1 heterocycles. The molecule has 2 rings (SSSR count). The summed E-state index contributed by atoms with van der Waals surface area (Å²) in [5.41, 5.74) is 0. The molecule has 5 N–H and O–H groups in total. The Labute approximate surface area is 111 Å². The van der Waals surface area contributed by atoms with E-state index in [-0.39, 0.29) is 18.3 Å². The highest BCUT2D eigenvalue weighted by Crippen LogP contribution is 2.77. The van der Waals surface area contributed by atoms with Crippen molar-refractivity contribution < 1.29 is 28.7 Å². The van der Waals surface area contributed by atoms with Gasteiger partial charge in [-0.3, -0.25) is 9.13 Å². The molecule has 3 unspecified atom stereocenters. The number of hydrogen-bond donors (Lipinski definition) is 5. The van der Waals surface area contributed by atoms with E-state index in [4.69, 9.17) is 0 Å². The van der Waals surface area contributed by atoms with Gasteiger partial charge in [0.05, 0.1) is 0 Å². The van der Waals surface area contributed by atoms with Crippen LogP contribution < -0.4 is 5.32 Å². The van der Waals surface area contributed by atoms with Crippen molar-refractivity contribution in [1.29, 1.82) is 0 Å². The first-order valence-corrected chi connectivity index (χ1v) is 9.35. The maximum Gasteiger partial charge on any atom is 0.345 e. The van der Waals surface area contributed by atoms with Crippen LogP contribution in [0.15, 0.2) is 12.7 Å². The van der Waals surface area contributed by atoms with Crippen molar-refractivity contribution in [3.63, 3.8) is 0 Å². The molecule has 7 nitrogen and oxygen atoms in total. The van der Waals surface area contributed by atoms with Crippen LogP contribution in [0.5, 0.6) is 0 Å². The van der Waals surface area contributed by atoms with Crippen molar-refractivity contribution in [3.8, 4) is 0 Å². The molecule has 1 aliphatic heterocycles. The lowest BCUT2D eigenvalue weighted by Gasteiger charge is -2.40. The summed E-state index contributed by atoms with van der Waals surface area (Å²) in [6.45, 7) is 4.14. The first-order valence-electron chi connectivity index (χ1n) is 6.12. The summed E-state index contributed by atoms with van der Waals surface area (Å²) in [5, 5.41) is 2.92. The van der Waals surface area contributed by atoms with Crippen LogP contribution in [-0.2, 0) is 9.13 Å². The fourth-order valence-electron chi connectivity index (χ4n) is 3.53. The van der Waals surface area contributed by atoms with Gasteiger partial charge in [0.1, 0.15) is 0 Å². The van der Waals surface area contributed by atoms with Gasteiger partial charge >= 0.3 is 15.2 Å². The van der Waals surface area contributed by atoms with Crippen molar-refractivity contribution in [2.45, 2.75) is 30.2 Å². The molecule has 0 aromatic carbocycles. The van der Waals surface area contributed by atoms with E-state index in [1.165, 1.54) is 0 Å². The summed E-state index contributed by atoms with van der Waals surface area (Å²) in [6.07, 6.45) is 2.84. The smallest absolute Gasteiger partial charge is 0.324 e. The largest absolute Gasteiger partial charge is 0.345 e. The molecule has 0 aromatic heterocycles. The molecular formula is C10H19NO6P2. The molecule has 9 heteroatoms. The molecule has 2 aliphatic rings. The minimum Gasteiger partial charge on any atom is -0.324 e. The van der Waals surface area contributed by atoms with Crippen LogP contribution in [0.25, 0.3) is 0 Å². The lowest BCUT2D eigenvalue weighted by molar-refractivity contribution is 0.247. The Morgan fingerprint density at radius 3 is 2.26 bits per heavy atom. The predicted molar refractivity (Wildman–Crippen MR) is 69.6 cm³/mol. The second kappa shape index (κ2) is 4.78. The highest BCUT2D eigenvalue weighted by atomic mass is 31.2. The lowest BCUT2D eigenvalue weighted by Crippen LogP contribution is -2.52. The van der Waals surface area contributed by atoms with Crippen molar-refractivity contribution in [2.24, 2.45) is 11.8 Å². The van der Waals surface area contributed by atoms with Crippen molar-refractivity contribution in [3.05, 3.63) is 12.7 Å². The highest BCUT2D eigenvalue weighted by Gasteiger charge is 2.71. The monoisotopic (exact) mass is 311 g/mol. The molecule has 3 atom stereocenters. The van der Waals surface area contributed by atoms with E-state index in [1.54, 1.807) is 6.08 Å². The van der Waals surface area contributed by atoms with E-state index in [0.717, 1.165) is 6.42 Å². The third-order valence-corrected chi connectivity index (χ3v) is 8.90. The molecule has 1 saturated carbocycles. The second-order valence-electron chi connectivity index (χ2n) is 5.31. The van der Waals surface area contributed by atoms with E-state index in [9.17, 15) is 28.7 Å². The minimum absolute atomic E-state index is 0.188. The molecule has 0 radical (unpaired) electrons. The van der Waals surface area contributed by atoms with E-state index < -0.39 is 26.1 Å². The molecule has 0 amide bonds. The Balaban J connectivity index is 2.58. The van der Waals surface area contributed by atoms with Crippen LogP contribution >= 0.6 is 15.2 Å². The third-order valence-electron chi connectivity index (χ3n) is 4.40. The molecule has 0 bridgehead atoms. The minimum atomic E-state index is -4.98. The summed E-state index contributed by atoms with van der Waals surface area (Å²) in [4.78, 5) is 36.1. The van der Waals surface area contributed by atoms with Gasteiger partial charge < -0.3 is 24.9 Å². The Bertz CT molecular complexity index is 447. The topological polar surface area (TPSA) is 127 Å². The average Bonchev–Trinajstić information content (AvgIpc) is 2.63. The van der Waals surface area contributed by atoms with Crippen LogP contribution in [0.2, 0.25) is 0 Å². The third kappa shape index (κ3) is 2.18. The first kappa shape index (κ1) is 15.4. The lowest BCUT2D eigenvalue weighted by atomic mass is 9.87. The van der Waals surface area contributed by atoms with Crippen molar-refractivity contribution >= 4 is 15.2 Å². The molecule has 2 fully saturated rings. The number of hydrogen-bond acceptors (Lipinski definition) is 3. The van der Waals surface area contributed by atoms with Crippen LogP contribution in [0.1, 0.15) is 19.3 Å². The summed E-state index contributed by atoms with van der Waals surface area (Å²) in [6, 6.07) is -0.870. The van der Waals surface area contributed by atoms with Crippen molar-refractivity contribution in [2.75, 3.05) is 6.54 Å². The van der Waals surface area contributed by atoms with Crippen LogP contribution in [0, 0.1) is 11.8 Å². The second-order valence-corrected chi connectivity index (χ2v) is 9.43. The molecule has 0 aromatic rings. The number of fused-ring (bicyclic) bond motifs is 1. The summed E-state index contributed by atoms with van der Waals surface area (Å²) < 4.78 is 23.7. The average molecular weight is 311 g/mol. The van der Waals surface area contributed by atoms with E-state index >= 15 is 0 Å². The van der Waals surface area contributed by atoms with Gasteiger partial charge in [-0.05, 0) is 37.6 Å². The fourth-order valence-corrected chi connectivity index (χ4v) is 7.08. The number of rotatable bonds is 3. The van der Waals surface area contributed by atoms with Gasteiger partial charge in [0.2, 0.25) is 0 Å². The van der Waals surface area contributed by atoms with Crippen LogP contribution in [0.4, 0.5) is 0 Å². The zero-order valence-corrected chi connectivity index (χ0v) is 12.1. The Morgan fingerprint density at radius 1 is 1.21 bits per heavy atom. The van der Waals surface area contributed by atoms with Gasteiger partial charge in [-0.2, -0.15) is 0 Å². The first-order chi connectivity index (χ1) is 8.65. The van der Waals surface area contributed by atoms with Gasteiger partial charge in [-0.1, -0.05) is 6.08 Å². The maximum atomic E-state index is 11.8. The summed E-state index contributed by atoms with van der Waals surface area (Å²) in [5.74, 6) is -0.482. The van der Waals surface area contributed by atoms with Gasteiger partial charge in [0.15, 0.2) is 4.90 Å². The summed E-state index contributed by atoms with van der Waals surface area (Å²) >= 11 is 0. The fraction of sp³-hybridized carbons (Fsp3) is 0.800.